The zero-order valence-corrected chi connectivity index (χ0v) is 22.1. The lowest BCUT2D eigenvalue weighted by Gasteiger charge is -2.33. The molecule has 5 heterocycles. The summed E-state index contributed by atoms with van der Waals surface area (Å²) in [6, 6.07) is 3.42. The second-order valence-electron chi connectivity index (χ2n) is 9.83. The predicted octanol–water partition coefficient (Wildman–Crippen LogP) is 2.30. The van der Waals surface area contributed by atoms with Crippen LogP contribution in [-0.2, 0) is 0 Å². The molecule has 0 spiro atoms. The minimum absolute atomic E-state index is 0.0956. The van der Waals surface area contributed by atoms with Crippen molar-refractivity contribution in [2.45, 2.75) is 19.9 Å². The van der Waals surface area contributed by atoms with Crippen molar-refractivity contribution >= 4 is 34.4 Å². The van der Waals surface area contributed by atoms with Crippen LogP contribution in [0.3, 0.4) is 0 Å². The van der Waals surface area contributed by atoms with Gasteiger partial charge in [-0.1, -0.05) is 13.8 Å². The van der Waals surface area contributed by atoms with Gasteiger partial charge in [-0.2, -0.15) is 0 Å². The van der Waals surface area contributed by atoms with E-state index in [1.165, 1.54) is 6.21 Å². The Labute approximate surface area is 220 Å². The Morgan fingerprint density at radius 1 is 1.13 bits per heavy atom. The highest BCUT2D eigenvalue weighted by Gasteiger charge is 2.26. The number of nitrogens with one attached hydrogen (secondary N) is 3. The number of piperazine rings is 1. The van der Waals surface area contributed by atoms with Crippen LogP contribution >= 0.6 is 0 Å². The smallest absolute Gasteiger partial charge is 0.261 e. The normalized spacial score (nSPS) is 15.6. The van der Waals surface area contributed by atoms with E-state index in [9.17, 15) is 4.79 Å². The molecule has 0 amide bonds. The Morgan fingerprint density at radius 3 is 2.55 bits per heavy atom. The topological polar surface area (TPSA) is 157 Å². The zero-order valence-electron chi connectivity index (χ0n) is 22.1. The van der Waals surface area contributed by atoms with Gasteiger partial charge in [-0.15, -0.1) is 0 Å². The fraction of sp³-hybridized carbons (Fsp3) is 0.385. The van der Waals surface area contributed by atoms with Crippen molar-refractivity contribution in [3.8, 4) is 11.4 Å². The molecule has 4 aromatic rings. The van der Waals surface area contributed by atoms with Gasteiger partial charge in [0.2, 0.25) is 0 Å². The third-order valence-electron chi connectivity index (χ3n) is 6.79. The second-order valence-corrected chi connectivity index (χ2v) is 9.83. The van der Waals surface area contributed by atoms with Crippen molar-refractivity contribution in [3.05, 3.63) is 52.6 Å². The van der Waals surface area contributed by atoms with E-state index in [4.69, 9.17) is 10.7 Å². The van der Waals surface area contributed by atoms with E-state index in [1.807, 2.05) is 6.07 Å². The van der Waals surface area contributed by atoms with Crippen LogP contribution in [0.2, 0.25) is 0 Å². The molecule has 0 bridgehead atoms. The fourth-order valence-electron chi connectivity index (χ4n) is 4.62. The number of hydrogen-bond acceptors (Lipinski definition) is 10. The largest absolute Gasteiger partial charge is 0.395 e. The number of nitrogens with zero attached hydrogens (tertiary/aromatic N) is 7. The average molecular weight is 516 g/mol. The minimum Gasteiger partial charge on any atom is -0.395 e. The maximum atomic E-state index is 13.5. The summed E-state index contributed by atoms with van der Waals surface area (Å²) in [6.07, 6.45) is 6.68. The standard InChI is InChI=1S/C26H33N11O/c1-15(2)22(25-29-6-5-7-30-25)35-23-20(26(38)34-18(13-28-3)21(23)27)24-32-16-12-19(31-14-17(16)33-24)37-10-8-36(4)9-11-37/h5-7,12-15,22H,8-11,27H2,1-4H3,(H,32,33)(H2,34,35,38). The SMILES string of the molecule is CN=Cc1[nH]c(=O)c(-c2nc3cc(N4CCN(C)CC4)ncc3[nH]2)c(NC(c2ncccn2)C(C)C)c1N. The summed E-state index contributed by atoms with van der Waals surface area (Å²) in [5.41, 5.74) is 9.21. The van der Waals surface area contributed by atoms with Crippen LogP contribution in [-0.4, -0.2) is 81.3 Å². The van der Waals surface area contributed by atoms with Gasteiger partial charge in [0.25, 0.3) is 5.56 Å². The van der Waals surface area contributed by atoms with Crippen molar-refractivity contribution in [2.24, 2.45) is 10.9 Å². The van der Waals surface area contributed by atoms with Crippen molar-refractivity contribution in [1.82, 2.24) is 34.8 Å². The minimum atomic E-state index is -0.348. The zero-order chi connectivity index (χ0) is 26.8. The number of nitrogen functional groups attached to an aromatic ring is 1. The summed E-state index contributed by atoms with van der Waals surface area (Å²) in [5.74, 6) is 1.96. The molecule has 0 aromatic carbocycles. The van der Waals surface area contributed by atoms with Crippen LogP contribution in [0.15, 0.2) is 40.5 Å². The van der Waals surface area contributed by atoms with Crippen molar-refractivity contribution in [3.63, 3.8) is 0 Å². The van der Waals surface area contributed by atoms with Crippen molar-refractivity contribution in [1.29, 1.82) is 0 Å². The summed E-state index contributed by atoms with van der Waals surface area (Å²) < 4.78 is 0. The van der Waals surface area contributed by atoms with Gasteiger partial charge >= 0.3 is 0 Å². The van der Waals surface area contributed by atoms with Gasteiger partial charge in [-0.25, -0.2) is 19.9 Å². The van der Waals surface area contributed by atoms with Crippen LogP contribution < -0.4 is 21.5 Å². The Bertz CT molecular complexity index is 1500. The van der Waals surface area contributed by atoms with Gasteiger partial charge in [0.1, 0.15) is 17.2 Å². The second kappa shape index (κ2) is 10.6. The first kappa shape index (κ1) is 25.3. The number of aromatic nitrogens is 6. The van der Waals surface area contributed by atoms with Gasteiger partial charge < -0.3 is 30.8 Å². The Balaban J connectivity index is 1.60. The van der Waals surface area contributed by atoms with Gasteiger partial charge in [-0.3, -0.25) is 9.79 Å². The molecular formula is C26H33N11O. The summed E-state index contributed by atoms with van der Waals surface area (Å²) >= 11 is 0. The van der Waals surface area contributed by atoms with Gasteiger partial charge in [-0.05, 0) is 19.0 Å². The number of hydrogen-bond donors (Lipinski definition) is 4. The Kier molecular flexibility index (Phi) is 7.05. The number of anilines is 3. The molecular weight excluding hydrogens is 482 g/mol. The molecule has 198 valence electrons. The molecule has 0 saturated carbocycles. The number of aliphatic imine (C=N–C) groups is 1. The van der Waals surface area contributed by atoms with Crippen LogP contribution in [0.4, 0.5) is 17.2 Å². The monoisotopic (exact) mass is 515 g/mol. The first-order valence-corrected chi connectivity index (χ1v) is 12.7. The molecule has 1 aliphatic rings. The summed E-state index contributed by atoms with van der Waals surface area (Å²) in [7, 11) is 3.74. The first-order chi connectivity index (χ1) is 18.4. The van der Waals surface area contributed by atoms with E-state index < -0.39 is 0 Å². The molecule has 1 atom stereocenters. The third kappa shape index (κ3) is 4.94. The van der Waals surface area contributed by atoms with E-state index >= 15 is 0 Å². The molecule has 0 aliphatic carbocycles. The Morgan fingerprint density at radius 2 is 1.87 bits per heavy atom. The highest BCUT2D eigenvalue weighted by molar-refractivity contribution is 5.95. The number of nitrogens with two attached hydrogens (primary N) is 1. The lowest BCUT2D eigenvalue weighted by molar-refractivity contribution is 0.312. The van der Waals surface area contributed by atoms with Gasteiger partial charge in [0, 0.05) is 57.9 Å². The van der Waals surface area contributed by atoms with E-state index in [0.717, 1.165) is 43.0 Å². The lowest BCUT2D eigenvalue weighted by atomic mass is 10.0. The van der Waals surface area contributed by atoms with Crippen molar-refractivity contribution in [2.75, 3.05) is 56.2 Å². The van der Waals surface area contributed by atoms with E-state index in [2.05, 4.69) is 65.9 Å². The maximum absolute atomic E-state index is 13.5. The molecule has 4 aromatic heterocycles. The summed E-state index contributed by atoms with van der Waals surface area (Å²) in [4.78, 5) is 46.5. The number of imidazole rings is 1. The summed E-state index contributed by atoms with van der Waals surface area (Å²) in [6.45, 7) is 7.86. The molecule has 5 rings (SSSR count). The third-order valence-corrected chi connectivity index (χ3v) is 6.79. The van der Waals surface area contributed by atoms with E-state index in [-0.39, 0.29) is 17.5 Å². The maximum Gasteiger partial charge on any atom is 0.261 e. The van der Waals surface area contributed by atoms with Crippen LogP contribution in [0.1, 0.15) is 31.4 Å². The number of rotatable bonds is 7. The Hall–Kier alpha value is -4.32. The molecule has 12 nitrogen and oxygen atoms in total. The van der Waals surface area contributed by atoms with Crippen LogP contribution in [0, 0.1) is 5.92 Å². The number of fused-ring (bicyclic) bond motifs is 1. The average Bonchev–Trinajstić information content (AvgIpc) is 3.33. The first-order valence-electron chi connectivity index (χ1n) is 12.7. The molecule has 1 saturated heterocycles. The molecule has 5 N–H and O–H groups in total. The van der Waals surface area contributed by atoms with Crippen LogP contribution in [0.5, 0.6) is 0 Å². The molecule has 1 aliphatic heterocycles. The predicted molar refractivity (Wildman–Crippen MR) is 151 cm³/mol. The fourth-order valence-corrected chi connectivity index (χ4v) is 4.62. The van der Waals surface area contributed by atoms with Gasteiger partial charge in [0.15, 0.2) is 5.82 Å². The number of H-pyrrole nitrogens is 2. The lowest BCUT2D eigenvalue weighted by Crippen LogP contribution is -2.44. The van der Waals surface area contributed by atoms with Crippen molar-refractivity contribution < 1.29 is 0 Å². The number of aromatic amines is 2. The molecule has 1 unspecified atom stereocenters. The summed E-state index contributed by atoms with van der Waals surface area (Å²) in [5, 5.41) is 3.46. The van der Waals surface area contributed by atoms with Gasteiger partial charge in [0.05, 0.1) is 40.3 Å². The highest BCUT2D eigenvalue weighted by atomic mass is 16.1. The quantitative estimate of drug-likeness (QED) is 0.271. The van der Waals surface area contributed by atoms with E-state index in [0.29, 0.717) is 34.3 Å². The van der Waals surface area contributed by atoms with E-state index in [1.54, 1.807) is 31.7 Å². The molecule has 38 heavy (non-hydrogen) atoms. The van der Waals surface area contributed by atoms with Crippen LogP contribution in [0.25, 0.3) is 22.4 Å². The molecule has 1 fully saturated rings. The highest BCUT2D eigenvalue weighted by Crippen LogP contribution is 2.35. The number of likely N-dealkylation sites (N-methyl/N-ethyl adjacent to an activating group) is 1. The molecule has 12 heteroatoms. The molecule has 0 radical (unpaired) electrons. The number of pyridine rings is 2.